The number of aliphatic imine (C=N–C) groups is 2. The normalized spacial score (nSPS) is 19.0. The molecule has 82 valence electrons. The van der Waals surface area contributed by atoms with Crippen LogP contribution in [0.25, 0.3) is 0 Å². The zero-order valence-electron chi connectivity index (χ0n) is 8.25. The first-order valence-electron chi connectivity index (χ1n) is 4.55. The van der Waals surface area contributed by atoms with Gasteiger partial charge in [-0.2, -0.15) is 0 Å². The number of hydrogen-bond donors (Lipinski definition) is 2. The second kappa shape index (κ2) is 4.20. The molecule has 1 atom stereocenters. The summed E-state index contributed by atoms with van der Waals surface area (Å²) in [5.41, 5.74) is -1.13. The molecule has 0 bridgehead atoms. The average Bonchev–Trinajstić information content (AvgIpc) is 2.63. The van der Waals surface area contributed by atoms with Crippen molar-refractivity contribution in [1.29, 1.82) is 0 Å². The van der Waals surface area contributed by atoms with Gasteiger partial charge in [0, 0.05) is 12.4 Å². The molecule has 6 heteroatoms. The molecule has 15 heavy (non-hydrogen) atoms. The number of carboxylic acids is 2. The largest absolute Gasteiger partial charge is 0.481 e. The zero-order chi connectivity index (χ0) is 11.5. The minimum absolute atomic E-state index is 0.365. The van der Waals surface area contributed by atoms with E-state index in [0.717, 1.165) is 0 Å². The summed E-state index contributed by atoms with van der Waals surface area (Å²) < 4.78 is 0. The molecule has 0 aromatic heterocycles. The quantitative estimate of drug-likeness (QED) is 0.689. The second-order valence-corrected chi connectivity index (χ2v) is 3.28. The van der Waals surface area contributed by atoms with Gasteiger partial charge in [0.2, 0.25) is 0 Å². The molecule has 6 nitrogen and oxygen atoms in total. The van der Waals surface area contributed by atoms with E-state index < -0.39 is 29.9 Å². The Labute approximate surface area is 86.4 Å². The molecule has 0 aliphatic carbocycles. The van der Waals surface area contributed by atoms with Crippen molar-refractivity contribution in [1.82, 2.24) is 0 Å². The summed E-state index contributed by atoms with van der Waals surface area (Å²) in [4.78, 5) is 29.5. The molecule has 1 aliphatic rings. The lowest BCUT2D eigenvalue weighted by Gasteiger charge is -2.27. The van der Waals surface area contributed by atoms with E-state index >= 15 is 0 Å². The number of carboxylic acid groups (broad SMARTS) is 2. The molecule has 0 saturated heterocycles. The second-order valence-electron chi connectivity index (χ2n) is 3.28. The summed E-state index contributed by atoms with van der Waals surface area (Å²) in [7, 11) is 0. The maximum atomic E-state index is 11.0. The van der Waals surface area contributed by atoms with E-state index in [1.54, 1.807) is 6.92 Å². The minimum Gasteiger partial charge on any atom is -0.481 e. The topological polar surface area (TPSA) is 99.3 Å². The van der Waals surface area contributed by atoms with Crippen LogP contribution >= 0.6 is 0 Å². The summed E-state index contributed by atoms with van der Waals surface area (Å²) in [6.07, 6.45) is 2.70. The van der Waals surface area contributed by atoms with E-state index in [-0.39, 0.29) is 0 Å². The van der Waals surface area contributed by atoms with Crippen molar-refractivity contribution in [2.24, 2.45) is 15.9 Å². The van der Waals surface area contributed by atoms with Gasteiger partial charge < -0.3 is 10.2 Å². The molecule has 1 heterocycles. The highest BCUT2D eigenvalue weighted by Gasteiger charge is 2.43. The Bertz CT molecular complexity index is 323. The Hall–Kier alpha value is -1.72. The van der Waals surface area contributed by atoms with Gasteiger partial charge >= 0.3 is 11.9 Å². The lowest BCUT2D eigenvalue weighted by Crippen LogP contribution is -2.39. The molecule has 0 amide bonds. The molecule has 0 saturated carbocycles. The van der Waals surface area contributed by atoms with Crippen LogP contribution in [0.2, 0.25) is 0 Å². The van der Waals surface area contributed by atoms with E-state index in [1.165, 1.54) is 12.4 Å². The van der Waals surface area contributed by atoms with Gasteiger partial charge in [0.25, 0.3) is 0 Å². The first kappa shape index (κ1) is 11.4. The molecule has 1 aliphatic heterocycles. The molecule has 1 unspecified atom stereocenters. The van der Waals surface area contributed by atoms with Gasteiger partial charge in [0.15, 0.2) is 5.66 Å². The Morgan fingerprint density at radius 2 is 1.87 bits per heavy atom. The lowest BCUT2D eigenvalue weighted by molar-refractivity contribution is -0.150. The van der Waals surface area contributed by atoms with Crippen LogP contribution in [-0.2, 0) is 9.59 Å². The Kier molecular flexibility index (Phi) is 3.18. The molecule has 0 aromatic rings. The van der Waals surface area contributed by atoms with Crippen LogP contribution in [0.3, 0.4) is 0 Å². The van der Waals surface area contributed by atoms with Crippen molar-refractivity contribution < 1.29 is 19.8 Å². The van der Waals surface area contributed by atoms with Crippen molar-refractivity contribution in [3.8, 4) is 0 Å². The van der Waals surface area contributed by atoms with Crippen molar-refractivity contribution in [2.75, 3.05) is 0 Å². The SMILES string of the molecule is CCC1(C(CC(=O)O)C(=O)O)N=CC=N1. The fourth-order valence-electron chi connectivity index (χ4n) is 1.59. The summed E-state index contributed by atoms with van der Waals surface area (Å²) in [5.74, 6) is -3.46. The molecule has 0 spiro atoms. The van der Waals surface area contributed by atoms with Gasteiger partial charge in [-0.1, -0.05) is 6.92 Å². The minimum atomic E-state index is -1.18. The number of rotatable bonds is 5. The van der Waals surface area contributed by atoms with E-state index in [0.29, 0.717) is 6.42 Å². The Morgan fingerprint density at radius 3 is 2.20 bits per heavy atom. The van der Waals surface area contributed by atoms with Crippen LogP contribution in [0, 0.1) is 5.92 Å². The predicted octanol–water partition coefficient (Wildman–Crippen LogP) is 0.423. The molecule has 0 aromatic carbocycles. The molecule has 2 N–H and O–H groups in total. The zero-order valence-corrected chi connectivity index (χ0v) is 8.25. The first-order chi connectivity index (χ1) is 7.02. The molecular formula is C9H12N2O4. The Balaban J connectivity index is 2.96. The van der Waals surface area contributed by atoms with Crippen molar-refractivity contribution in [3.63, 3.8) is 0 Å². The standard InChI is InChI=1S/C9H12N2O4/c1-2-9(10-3-4-11-9)6(8(14)15)5-7(12)13/h3-4,6H,2,5H2,1H3,(H,12,13)(H,14,15). The molecular weight excluding hydrogens is 200 g/mol. The monoisotopic (exact) mass is 212 g/mol. The smallest absolute Gasteiger partial charge is 0.311 e. The van der Waals surface area contributed by atoms with Crippen molar-refractivity contribution >= 4 is 24.4 Å². The summed E-state index contributed by atoms with van der Waals surface area (Å²) in [6, 6.07) is 0. The number of aliphatic carboxylic acids is 2. The van der Waals surface area contributed by atoms with Crippen LogP contribution in [0.4, 0.5) is 0 Å². The lowest BCUT2D eigenvalue weighted by atomic mass is 9.88. The Morgan fingerprint density at radius 1 is 1.33 bits per heavy atom. The third-order valence-electron chi connectivity index (χ3n) is 2.42. The number of nitrogens with zero attached hydrogens (tertiary/aromatic N) is 2. The fourth-order valence-corrected chi connectivity index (χ4v) is 1.59. The van der Waals surface area contributed by atoms with E-state index in [4.69, 9.17) is 10.2 Å². The fraction of sp³-hybridized carbons (Fsp3) is 0.556. The van der Waals surface area contributed by atoms with Crippen molar-refractivity contribution in [3.05, 3.63) is 0 Å². The predicted molar refractivity (Wildman–Crippen MR) is 53.4 cm³/mol. The summed E-state index contributed by atoms with van der Waals surface area (Å²) in [6.45, 7) is 1.73. The van der Waals surface area contributed by atoms with Crippen LogP contribution in [0.15, 0.2) is 9.98 Å². The highest BCUT2D eigenvalue weighted by atomic mass is 16.4. The van der Waals surface area contributed by atoms with E-state index in [1.807, 2.05) is 0 Å². The first-order valence-corrected chi connectivity index (χ1v) is 4.55. The highest BCUT2D eigenvalue weighted by molar-refractivity contribution is 6.18. The maximum absolute atomic E-state index is 11.0. The van der Waals surface area contributed by atoms with Crippen LogP contribution < -0.4 is 0 Å². The number of carbonyl (C=O) groups is 2. The van der Waals surface area contributed by atoms with Gasteiger partial charge in [0.1, 0.15) is 5.92 Å². The van der Waals surface area contributed by atoms with Gasteiger partial charge in [0.05, 0.1) is 6.42 Å². The molecule has 0 radical (unpaired) electrons. The van der Waals surface area contributed by atoms with Gasteiger partial charge in [-0.05, 0) is 6.42 Å². The average molecular weight is 212 g/mol. The third kappa shape index (κ3) is 2.20. The van der Waals surface area contributed by atoms with Crippen molar-refractivity contribution in [2.45, 2.75) is 25.4 Å². The van der Waals surface area contributed by atoms with Crippen LogP contribution in [0.1, 0.15) is 19.8 Å². The molecule has 0 fully saturated rings. The van der Waals surface area contributed by atoms with E-state index in [9.17, 15) is 9.59 Å². The van der Waals surface area contributed by atoms with Gasteiger partial charge in [-0.3, -0.25) is 19.6 Å². The third-order valence-corrected chi connectivity index (χ3v) is 2.42. The van der Waals surface area contributed by atoms with Crippen LogP contribution in [0.5, 0.6) is 0 Å². The highest BCUT2D eigenvalue weighted by Crippen LogP contribution is 2.32. The van der Waals surface area contributed by atoms with Crippen LogP contribution in [-0.4, -0.2) is 40.2 Å². The number of hydrogen-bond acceptors (Lipinski definition) is 4. The van der Waals surface area contributed by atoms with Gasteiger partial charge in [-0.25, -0.2) is 0 Å². The summed E-state index contributed by atoms with van der Waals surface area (Å²) >= 11 is 0. The maximum Gasteiger partial charge on any atom is 0.311 e. The van der Waals surface area contributed by atoms with Gasteiger partial charge in [-0.15, -0.1) is 0 Å². The molecule has 1 rings (SSSR count). The van der Waals surface area contributed by atoms with E-state index in [2.05, 4.69) is 9.98 Å². The summed E-state index contributed by atoms with van der Waals surface area (Å²) in [5, 5.41) is 17.6.